The maximum atomic E-state index is 13.0. The molecule has 0 spiro atoms. The van der Waals surface area contributed by atoms with Crippen molar-refractivity contribution in [1.82, 2.24) is 5.32 Å². The van der Waals surface area contributed by atoms with Gasteiger partial charge in [-0.1, -0.05) is 52.3 Å². The summed E-state index contributed by atoms with van der Waals surface area (Å²) in [5, 5.41) is 5.38. The topological polar surface area (TPSA) is 84.5 Å². The summed E-state index contributed by atoms with van der Waals surface area (Å²) in [7, 11) is 1.28. The van der Waals surface area contributed by atoms with Gasteiger partial charge in [-0.2, -0.15) is 0 Å². The van der Waals surface area contributed by atoms with Gasteiger partial charge in [-0.05, 0) is 54.1 Å². The molecular weight excluding hydrogens is 460 g/mol. The number of halogens is 1. The van der Waals surface area contributed by atoms with Crippen LogP contribution in [-0.2, 0) is 9.53 Å². The van der Waals surface area contributed by atoms with E-state index in [2.05, 4.69) is 26.6 Å². The predicted molar refractivity (Wildman–Crippen MR) is 122 cm³/mol. The predicted octanol–water partition coefficient (Wildman–Crippen LogP) is 4.65. The molecule has 0 aromatic heterocycles. The molecule has 3 rings (SSSR count). The fourth-order valence-electron chi connectivity index (χ4n) is 2.71. The Kier molecular flexibility index (Phi) is 7.35. The molecule has 0 aliphatic carbocycles. The van der Waals surface area contributed by atoms with E-state index in [-0.39, 0.29) is 5.70 Å². The van der Waals surface area contributed by atoms with E-state index in [0.717, 1.165) is 10.0 Å². The molecule has 0 atom stereocenters. The molecule has 0 aliphatic rings. The number of benzene rings is 3. The van der Waals surface area contributed by atoms with Gasteiger partial charge in [-0.25, -0.2) is 4.79 Å². The highest BCUT2D eigenvalue weighted by Crippen LogP contribution is 2.15. The zero-order valence-electron chi connectivity index (χ0n) is 16.6. The Morgan fingerprint density at radius 2 is 1.58 bits per heavy atom. The van der Waals surface area contributed by atoms with E-state index < -0.39 is 17.8 Å². The van der Waals surface area contributed by atoms with E-state index in [4.69, 9.17) is 4.74 Å². The average Bonchev–Trinajstić information content (AvgIpc) is 2.79. The number of anilines is 1. The van der Waals surface area contributed by atoms with E-state index >= 15 is 0 Å². The fraction of sp³-hybridized carbons (Fsp3) is 0.0417. The highest BCUT2D eigenvalue weighted by Gasteiger charge is 2.16. The van der Waals surface area contributed by atoms with Gasteiger partial charge < -0.3 is 15.4 Å². The summed E-state index contributed by atoms with van der Waals surface area (Å²) in [6.07, 6.45) is 1.58. The fourth-order valence-corrected chi connectivity index (χ4v) is 2.97. The molecule has 3 aromatic rings. The van der Waals surface area contributed by atoms with Crippen molar-refractivity contribution in [2.75, 3.05) is 12.4 Å². The van der Waals surface area contributed by atoms with Crippen LogP contribution >= 0.6 is 15.9 Å². The molecule has 0 unspecified atom stereocenters. The van der Waals surface area contributed by atoms with Gasteiger partial charge in [-0.3, -0.25) is 9.59 Å². The van der Waals surface area contributed by atoms with Crippen molar-refractivity contribution < 1.29 is 19.1 Å². The van der Waals surface area contributed by atoms with Crippen molar-refractivity contribution in [3.8, 4) is 0 Å². The summed E-state index contributed by atoms with van der Waals surface area (Å²) in [5.41, 5.74) is 1.90. The maximum Gasteiger partial charge on any atom is 0.337 e. The number of methoxy groups -OCH3 is 1. The van der Waals surface area contributed by atoms with E-state index in [9.17, 15) is 14.4 Å². The second-order valence-corrected chi connectivity index (χ2v) is 7.37. The minimum absolute atomic E-state index is 0.0580. The monoisotopic (exact) mass is 478 g/mol. The second kappa shape index (κ2) is 10.4. The average molecular weight is 479 g/mol. The Morgan fingerprint density at radius 3 is 2.26 bits per heavy atom. The van der Waals surface area contributed by atoms with Gasteiger partial charge in [0.15, 0.2) is 0 Å². The Bertz CT molecular complexity index is 1130. The highest BCUT2D eigenvalue weighted by molar-refractivity contribution is 9.10. The zero-order chi connectivity index (χ0) is 22.2. The summed E-state index contributed by atoms with van der Waals surface area (Å²) in [5.74, 6) is -1.47. The van der Waals surface area contributed by atoms with Crippen LogP contribution in [0.3, 0.4) is 0 Å². The number of rotatable bonds is 6. The molecule has 2 N–H and O–H groups in total. The molecule has 0 saturated heterocycles. The van der Waals surface area contributed by atoms with E-state index in [1.807, 2.05) is 30.3 Å². The number of hydrogen-bond donors (Lipinski definition) is 2. The van der Waals surface area contributed by atoms with Gasteiger partial charge in [0.2, 0.25) is 0 Å². The third-order valence-electron chi connectivity index (χ3n) is 4.25. The highest BCUT2D eigenvalue weighted by atomic mass is 79.9. The lowest BCUT2D eigenvalue weighted by molar-refractivity contribution is -0.113. The number of ether oxygens (including phenoxy) is 1. The molecule has 3 aromatic carbocycles. The molecule has 0 fully saturated rings. The molecule has 31 heavy (non-hydrogen) atoms. The van der Waals surface area contributed by atoms with Crippen molar-refractivity contribution >= 4 is 45.5 Å². The van der Waals surface area contributed by atoms with E-state index in [0.29, 0.717) is 16.8 Å². The van der Waals surface area contributed by atoms with Gasteiger partial charge in [-0.15, -0.1) is 0 Å². The number of carbonyl (C=O) groups is 3. The van der Waals surface area contributed by atoms with Crippen molar-refractivity contribution in [2.45, 2.75) is 0 Å². The minimum Gasteiger partial charge on any atom is -0.465 e. The Hall–Kier alpha value is -3.71. The van der Waals surface area contributed by atoms with Crippen molar-refractivity contribution in [3.05, 3.63) is 106 Å². The molecule has 156 valence electrons. The summed E-state index contributed by atoms with van der Waals surface area (Å²) in [6.45, 7) is 0. The van der Waals surface area contributed by atoms with Crippen LogP contribution in [0.15, 0.2) is 89.0 Å². The standard InChI is InChI=1S/C24H19BrN2O4/c1-31-24(30)18-8-5-9-20(15-18)26-23(29)21(14-16-6-3-2-4-7-16)27-22(28)17-10-12-19(25)13-11-17/h2-15H,1H3,(H,26,29)(H,27,28). The number of amides is 2. The molecular formula is C24H19BrN2O4. The van der Waals surface area contributed by atoms with Crippen LogP contribution in [0.2, 0.25) is 0 Å². The van der Waals surface area contributed by atoms with Crippen LogP contribution in [0.4, 0.5) is 5.69 Å². The smallest absolute Gasteiger partial charge is 0.337 e. The third kappa shape index (κ3) is 6.13. The Balaban J connectivity index is 1.86. The first-order valence-corrected chi connectivity index (χ1v) is 10.1. The van der Waals surface area contributed by atoms with Crippen LogP contribution in [0.25, 0.3) is 6.08 Å². The van der Waals surface area contributed by atoms with Crippen molar-refractivity contribution in [3.63, 3.8) is 0 Å². The quantitative estimate of drug-likeness (QED) is 0.399. The lowest BCUT2D eigenvalue weighted by Crippen LogP contribution is -2.30. The number of esters is 1. The van der Waals surface area contributed by atoms with Crippen LogP contribution in [0.5, 0.6) is 0 Å². The second-order valence-electron chi connectivity index (χ2n) is 6.46. The number of carbonyl (C=O) groups excluding carboxylic acids is 3. The van der Waals surface area contributed by atoms with Crippen molar-refractivity contribution in [1.29, 1.82) is 0 Å². The molecule has 0 bridgehead atoms. The minimum atomic E-state index is -0.531. The van der Waals surface area contributed by atoms with Gasteiger partial charge in [0, 0.05) is 15.7 Å². The first-order chi connectivity index (χ1) is 15.0. The number of hydrogen-bond acceptors (Lipinski definition) is 4. The van der Waals surface area contributed by atoms with Crippen molar-refractivity contribution in [2.24, 2.45) is 0 Å². The molecule has 0 aliphatic heterocycles. The van der Waals surface area contributed by atoms with Gasteiger partial charge in [0.1, 0.15) is 5.70 Å². The van der Waals surface area contributed by atoms with Gasteiger partial charge in [0.05, 0.1) is 12.7 Å². The SMILES string of the molecule is COC(=O)c1cccc(NC(=O)C(=Cc2ccccc2)NC(=O)c2ccc(Br)cc2)c1. The van der Waals surface area contributed by atoms with Gasteiger partial charge in [0.25, 0.3) is 11.8 Å². The van der Waals surface area contributed by atoms with Crippen LogP contribution in [0.1, 0.15) is 26.3 Å². The Morgan fingerprint density at radius 1 is 0.871 bits per heavy atom. The normalized spacial score (nSPS) is 10.8. The zero-order valence-corrected chi connectivity index (χ0v) is 18.2. The van der Waals surface area contributed by atoms with E-state index in [1.54, 1.807) is 48.5 Å². The van der Waals surface area contributed by atoms with E-state index in [1.165, 1.54) is 13.2 Å². The molecule has 7 heteroatoms. The maximum absolute atomic E-state index is 13.0. The lowest BCUT2D eigenvalue weighted by atomic mass is 10.1. The number of nitrogens with one attached hydrogen (secondary N) is 2. The molecule has 0 saturated carbocycles. The molecule has 0 radical (unpaired) electrons. The summed E-state index contributed by atoms with van der Waals surface area (Å²) in [4.78, 5) is 37.4. The van der Waals surface area contributed by atoms with Crippen LogP contribution in [-0.4, -0.2) is 24.9 Å². The third-order valence-corrected chi connectivity index (χ3v) is 4.78. The van der Waals surface area contributed by atoms with Crippen LogP contribution in [0, 0.1) is 0 Å². The first-order valence-electron chi connectivity index (χ1n) is 9.29. The van der Waals surface area contributed by atoms with Crippen LogP contribution < -0.4 is 10.6 Å². The summed E-state index contributed by atoms with van der Waals surface area (Å²) >= 11 is 3.33. The summed E-state index contributed by atoms with van der Waals surface area (Å²) < 4.78 is 5.55. The van der Waals surface area contributed by atoms with Gasteiger partial charge >= 0.3 is 5.97 Å². The Labute approximate surface area is 188 Å². The molecule has 0 heterocycles. The first kappa shape index (κ1) is 22.0. The molecule has 6 nitrogen and oxygen atoms in total. The summed E-state index contributed by atoms with van der Waals surface area (Å²) in [6, 6.07) is 22.3. The molecule has 2 amide bonds. The largest absolute Gasteiger partial charge is 0.465 e. The lowest BCUT2D eigenvalue weighted by Gasteiger charge is -2.12.